The van der Waals surface area contributed by atoms with E-state index in [0.717, 1.165) is 63.8 Å². The summed E-state index contributed by atoms with van der Waals surface area (Å²) < 4.78 is 0. The minimum Gasteiger partial charge on any atom is -0.390 e. The molecule has 2 amide bonds. The molecule has 6 nitrogen and oxygen atoms in total. The smallest absolute Gasteiger partial charge is 0.250 e. The Labute approximate surface area is 200 Å². The predicted octanol–water partition coefficient (Wildman–Crippen LogP) is 4.20. The Kier molecular flexibility index (Phi) is 6.13. The maximum absolute atomic E-state index is 12.3. The molecular weight excluding hydrogens is 426 g/mol. The molecule has 4 rings (SSSR count). The number of nitrogens with one attached hydrogen (secondary N) is 1. The van der Waals surface area contributed by atoms with Gasteiger partial charge in [-0.1, -0.05) is 30.8 Å². The highest BCUT2D eigenvalue weighted by atomic mass is 16.3. The van der Waals surface area contributed by atoms with E-state index in [1.54, 1.807) is 11.9 Å². The summed E-state index contributed by atoms with van der Waals surface area (Å²) in [5, 5.41) is 11.7. The van der Waals surface area contributed by atoms with E-state index < -0.39 is 5.60 Å². The molecule has 2 aromatic carbocycles. The molecular formula is C28H33N3O3. The first kappa shape index (κ1) is 23.8. The van der Waals surface area contributed by atoms with Crippen LogP contribution in [0.25, 0.3) is 22.0 Å². The van der Waals surface area contributed by atoms with Gasteiger partial charge in [-0.15, -0.1) is 0 Å². The van der Waals surface area contributed by atoms with Crippen molar-refractivity contribution in [1.82, 2.24) is 4.98 Å². The molecule has 6 heteroatoms. The van der Waals surface area contributed by atoms with E-state index in [0.29, 0.717) is 0 Å². The van der Waals surface area contributed by atoms with Crippen molar-refractivity contribution >= 4 is 28.4 Å². The number of carbonyl (C=O) groups excluding carboxylic acids is 2. The molecule has 0 bridgehead atoms. The highest BCUT2D eigenvalue weighted by Crippen LogP contribution is 2.42. The highest BCUT2D eigenvalue weighted by Gasteiger charge is 2.33. The number of primary amides is 1. The molecule has 0 saturated heterocycles. The normalized spacial score (nSPS) is 15.7. The molecule has 0 aliphatic heterocycles. The SMILES string of the molecule is C=CC(=O)N(C)c1cccc(-c2ccc(CC(N)=O)c3[nH]c4c(c23)CCC(C(C)(C)O)C4)c1C. The summed E-state index contributed by atoms with van der Waals surface area (Å²) in [5.74, 6) is -0.391. The van der Waals surface area contributed by atoms with Gasteiger partial charge >= 0.3 is 0 Å². The molecule has 3 aromatic rings. The molecule has 1 aliphatic carbocycles. The standard InChI is InChI=1S/C28H33N3O3/c1-6-25(33)31(5)23-9-7-8-19(16(23)2)20-12-10-17(14-24(29)32)27-26(20)21-13-11-18(28(3,4)34)15-22(21)30-27/h6-10,12,18,30,34H,1,11,13-15H2,2-5H3,(H2,29,32). The van der Waals surface area contributed by atoms with Crippen LogP contribution in [0.2, 0.25) is 0 Å². The number of benzene rings is 2. The molecule has 0 spiro atoms. The van der Waals surface area contributed by atoms with Crippen molar-refractivity contribution in [1.29, 1.82) is 0 Å². The van der Waals surface area contributed by atoms with Crippen LogP contribution in [0, 0.1) is 12.8 Å². The van der Waals surface area contributed by atoms with Gasteiger partial charge in [0.25, 0.3) is 0 Å². The number of nitrogens with zero attached hydrogens (tertiary/aromatic N) is 1. The maximum Gasteiger partial charge on any atom is 0.250 e. The van der Waals surface area contributed by atoms with Gasteiger partial charge in [0.2, 0.25) is 11.8 Å². The summed E-state index contributed by atoms with van der Waals surface area (Å²) in [7, 11) is 1.75. The van der Waals surface area contributed by atoms with Crippen molar-refractivity contribution in [2.24, 2.45) is 11.7 Å². The highest BCUT2D eigenvalue weighted by molar-refractivity contribution is 6.05. The topological polar surface area (TPSA) is 99.4 Å². The lowest BCUT2D eigenvalue weighted by Gasteiger charge is -2.32. The fraction of sp³-hybridized carbons (Fsp3) is 0.357. The quantitative estimate of drug-likeness (QED) is 0.482. The van der Waals surface area contributed by atoms with Crippen LogP contribution in [0.4, 0.5) is 5.69 Å². The van der Waals surface area contributed by atoms with Crippen molar-refractivity contribution in [2.75, 3.05) is 11.9 Å². The van der Waals surface area contributed by atoms with Crippen molar-refractivity contribution < 1.29 is 14.7 Å². The molecule has 0 saturated carbocycles. The van der Waals surface area contributed by atoms with Crippen molar-refractivity contribution in [3.05, 3.63) is 65.4 Å². The summed E-state index contributed by atoms with van der Waals surface area (Å²) in [6.45, 7) is 9.36. The number of nitrogens with two attached hydrogens (primary N) is 1. The van der Waals surface area contributed by atoms with Crippen LogP contribution < -0.4 is 10.6 Å². The molecule has 1 heterocycles. The monoisotopic (exact) mass is 459 g/mol. The van der Waals surface area contributed by atoms with Gasteiger partial charge in [0.15, 0.2) is 0 Å². The number of anilines is 1. The minimum atomic E-state index is -0.763. The van der Waals surface area contributed by atoms with E-state index in [-0.39, 0.29) is 24.2 Å². The van der Waals surface area contributed by atoms with Crippen LogP contribution in [0.5, 0.6) is 0 Å². The lowest BCUT2D eigenvalue weighted by molar-refractivity contribution is -0.117. The Bertz CT molecular complexity index is 1300. The third kappa shape index (κ3) is 4.14. The summed E-state index contributed by atoms with van der Waals surface area (Å²) >= 11 is 0. The second-order valence-corrected chi connectivity index (χ2v) is 9.89. The minimum absolute atomic E-state index is 0.153. The van der Waals surface area contributed by atoms with E-state index in [2.05, 4.69) is 23.7 Å². The van der Waals surface area contributed by atoms with Crippen molar-refractivity contribution in [3.8, 4) is 11.1 Å². The molecule has 1 aromatic heterocycles. The Morgan fingerprint density at radius 2 is 2.00 bits per heavy atom. The molecule has 1 unspecified atom stereocenters. The van der Waals surface area contributed by atoms with Gasteiger partial charge in [-0.2, -0.15) is 0 Å². The Hall–Kier alpha value is -3.38. The van der Waals surface area contributed by atoms with Crippen LogP contribution in [0.3, 0.4) is 0 Å². The van der Waals surface area contributed by atoms with Gasteiger partial charge in [0.05, 0.1) is 17.5 Å². The molecule has 4 N–H and O–H groups in total. The number of rotatable bonds is 6. The van der Waals surface area contributed by atoms with Crippen molar-refractivity contribution in [2.45, 2.75) is 52.1 Å². The average Bonchev–Trinajstić information content (AvgIpc) is 3.17. The van der Waals surface area contributed by atoms with E-state index in [1.165, 1.54) is 11.6 Å². The van der Waals surface area contributed by atoms with Crippen molar-refractivity contribution in [3.63, 3.8) is 0 Å². The lowest BCUT2D eigenvalue weighted by atomic mass is 9.77. The number of aromatic amines is 1. The number of hydrogen-bond acceptors (Lipinski definition) is 3. The average molecular weight is 460 g/mol. The summed E-state index contributed by atoms with van der Waals surface area (Å²) in [6, 6.07) is 9.97. The van der Waals surface area contributed by atoms with E-state index in [9.17, 15) is 14.7 Å². The van der Waals surface area contributed by atoms with Gasteiger partial charge < -0.3 is 20.7 Å². The zero-order valence-electron chi connectivity index (χ0n) is 20.4. The molecule has 1 aliphatic rings. The number of aliphatic hydroxyl groups is 1. The van der Waals surface area contributed by atoms with Crippen LogP contribution >= 0.6 is 0 Å². The molecule has 34 heavy (non-hydrogen) atoms. The molecule has 0 radical (unpaired) electrons. The van der Waals surface area contributed by atoms with Crippen LogP contribution in [-0.2, 0) is 28.9 Å². The second kappa shape index (κ2) is 8.76. The maximum atomic E-state index is 12.3. The number of aromatic nitrogens is 1. The number of likely N-dealkylation sites (N-methyl/N-ethyl adjacent to an activating group) is 1. The summed E-state index contributed by atoms with van der Waals surface area (Å²) in [4.78, 5) is 29.3. The van der Waals surface area contributed by atoms with E-state index >= 15 is 0 Å². The number of aryl methyl sites for hydroxylation is 1. The van der Waals surface area contributed by atoms with Crippen LogP contribution in [-0.4, -0.2) is 34.6 Å². The Morgan fingerprint density at radius 1 is 1.26 bits per heavy atom. The van der Waals surface area contributed by atoms with Gasteiger partial charge in [0.1, 0.15) is 0 Å². The van der Waals surface area contributed by atoms with Gasteiger partial charge in [-0.25, -0.2) is 0 Å². The fourth-order valence-corrected chi connectivity index (χ4v) is 5.29. The van der Waals surface area contributed by atoms with Gasteiger partial charge in [-0.05, 0) is 85.9 Å². The number of carbonyl (C=O) groups is 2. The Morgan fingerprint density at radius 3 is 2.65 bits per heavy atom. The largest absolute Gasteiger partial charge is 0.390 e. The zero-order valence-corrected chi connectivity index (χ0v) is 20.4. The van der Waals surface area contributed by atoms with Crippen LogP contribution in [0.15, 0.2) is 43.0 Å². The van der Waals surface area contributed by atoms with Gasteiger partial charge in [-0.3, -0.25) is 9.59 Å². The number of H-pyrrole nitrogens is 1. The first-order valence-corrected chi connectivity index (χ1v) is 11.7. The number of amides is 2. The summed E-state index contributed by atoms with van der Waals surface area (Å²) in [6.07, 6.45) is 3.94. The Balaban J connectivity index is 1.94. The number of fused-ring (bicyclic) bond motifs is 3. The summed E-state index contributed by atoms with van der Waals surface area (Å²) in [5.41, 5.74) is 12.8. The molecule has 0 fully saturated rings. The lowest BCUT2D eigenvalue weighted by Crippen LogP contribution is -2.34. The van der Waals surface area contributed by atoms with E-state index in [4.69, 9.17) is 5.73 Å². The fourth-order valence-electron chi connectivity index (χ4n) is 5.29. The third-order valence-corrected chi connectivity index (χ3v) is 7.25. The zero-order chi connectivity index (χ0) is 24.8. The molecule has 1 atom stereocenters. The number of hydrogen-bond donors (Lipinski definition) is 3. The first-order chi connectivity index (χ1) is 16.0. The first-order valence-electron chi connectivity index (χ1n) is 11.7. The van der Waals surface area contributed by atoms with E-state index in [1.807, 2.05) is 39.0 Å². The van der Waals surface area contributed by atoms with Gasteiger partial charge in [0, 0.05) is 23.8 Å². The predicted molar refractivity (Wildman–Crippen MR) is 137 cm³/mol. The molecule has 178 valence electrons. The third-order valence-electron chi connectivity index (χ3n) is 7.25. The van der Waals surface area contributed by atoms with Crippen LogP contribution in [0.1, 0.15) is 42.7 Å². The second-order valence-electron chi connectivity index (χ2n) is 9.89.